The van der Waals surface area contributed by atoms with E-state index in [-0.39, 0.29) is 19.0 Å². The van der Waals surface area contributed by atoms with Crippen LogP contribution in [0.2, 0.25) is 0 Å². The van der Waals surface area contributed by atoms with E-state index in [1.165, 1.54) is 4.57 Å². The molecule has 4 aromatic rings. The zero-order chi connectivity index (χ0) is 20.5. The Morgan fingerprint density at radius 2 is 1.86 bits per heavy atom. The molecule has 0 unspecified atom stereocenters. The molecule has 4 rings (SSSR count). The number of H-pyrrole nitrogens is 1. The van der Waals surface area contributed by atoms with E-state index in [2.05, 4.69) is 28.7 Å². The molecule has 0 aliphatic carbocycles. The highest BCUT2D eigenvalue weighted by Crippen LogP contribution is 2.21. The fraction of sp³-hybridized carbons (Fsp3) is 0.227. The van der Waals surface area contributed by atoms with E-state index in [0.29, 0.717) is 22.6 Å². The fourth-order valence-corrected chi connectivity index (χ4v) is 3.58. The second-order valence-electron chi connectivity index (χ2n) is 7.27. The summed E-state index contributed by atoms with van der Waals surface area (Å²) in [5.41, 5.74) is 1.55. The smallest absolute Gasteiger partial charge is 0.316 e. The maximum Gasteiger partial charge on any atom is 0.316 e. The molecule has 0 radical (unpaired) electrons. The number of aromatic amines is 1. The van der Waals surface area contributed by atoms with Crippen LogP contribution in [0.1, 0.15) is 30.2 Å². The second kappa shape index (κ2) is 7.43. The molecule has 2 aromatic heterocycles. The highest BCUT2D eigenvalue weighted by atomic mass is 16.2. The second-order valence-corrected chi connectivity index (χ2v) is 7.27. The number of nitrogens with zero attached hydrogens (tertiary/aromatic N) is 2. The number of rotatable bonds is 5. The summed E-state index contributed by atoms with van der Waals surface area (Å²) in [5.74, 6) is -0.216. The maximum absolute atomic E-state index is 12.6. The predicted octanol–water partition coefficient (Wildman–Crippen LogP) is 2.66. The molecule has 0 aliphatic heterocycles. The molecule has 2 heterocycles. The number of carbonyl (C=O) groups excluding carboxylic acids is 1. The molecule has 0 saturated heterocycles. The van der Waals surface area contributed by atoms with Crippen LogP contribution >= 0.6 is 0 Å². The molecule has 0 atom stereocenters. The van der Waals surface area contributed by atoms with Gasteiger partial charge in [-0.3, -0.25) is 14.4 Å². The lowest BCUT2D eigenvalue weighted by Crippen LogP contribution is -2.39. The number of hydrogen-bond acceptors (Lipinski definition) is 3. The minimum absolute atomic E-state index is 0.209. The Hall–Kier alpha value is -3.61. The first-order valence-electron chi connectivity index (χ1n) is 9.56. The molecule has 0 fully saturated rings. The zero-order valence-electron chi connectivity index (χ0n) is 16.3. The summed E-state index contributed by atoms with van der Waals surface area (Å²) in [6, 6.07) is 15.0. The standard InChI is InChI=1S/C22H22N4O3/c1-14(2)25-11-9-15-13-16(7-8-18(15)25)20(27)23-10-12-26-19-6-4-3-5-17(19)24-21(28)22(26)29/h3-9,11,13-14H,10,12H2,1-2H3,(H,23,27)(H,24,28). The van der Waals surface area contributed by atoms with Crippen molar-refractivity contribution in [2.24, 2.45) is 0 Å². The van der Waals surface area contributed by atoms with Crippen LogP contribution in [-0.2, 0) is 6.54 Å². The van der Waals surface area contributed by atoms with Crippen molar-refractivity contribution in [2.45, 2.75) is 26.4 Å². The summed E-state index contributed by atoms with van der Waals surface area (Å²) in [4.78, 5) is 39.2. The van der Waals surface area contributed by atoms with Crippen molar-refractivity contribution in [1.82, 2.24) is 19.4 Å². The first kappa shape index (κ1) is 18.7. The van der Waals surface area contributed by atoms with Crippen molar-refractivity contribution in [3.05, 3.63) is 81.0 Å². The molecule has 29 heavy (non-hydrogen) atoms. The van der Waals surface area contributed by atoms with Gasteiger partial charge in [0.25, 0.3) is 5.91 Å². The number of fused-ring (bicyclic) bond motifs is 2. The maximum atomic E-state index is 12.6. The summed E-state index contributed by atoms with van der Waals surface area (Å²) >= 11 is 0. The van der Waals surface area contributed by atoms with E-state index >= 15 is 0 Å². The highest BCUT2D eigenvalue weighted by Gasteiger charge is 2.11. The summed E-state index contributed by atoms with van der Waals surface area (Å²) < 4.78 is 3.54. The van der Waals surface area contributed by atoms with E-state index in [4.69, 9.17) is 0 Å². The average Bonchev–Trinajstić information content (AvgIpc) is 3.14. The van der Waals surface area contributed by atoms with Gasteiger partial charge in [0.15, 0.2) is 0 Å². The van der Waals surface area contributed by atoms with Gasteiger partial charge in [0.1, 0.15) is 0 Å². The molecule has 0 aliphatic rings. The largest absolute Gasteiger partial charge is 0.350 e. The topological polar surface area (TPSA) is 88.9 Å². The SMILES string of the molecule is CC(C)n1ccc2cc(C(=O)NCCn3c(=O)c(=O)[nH]c4ccccc43)ccc21. The summed E-state index contributed by atoms with van der Waals surface area (Å²) in [5, 5.41) is 3.84. The van der Waals surface area contributed by atoms with Gasteiger partial charge in [-0.05, 0) is 50.2 Å². The third-order valence-corrected chi connectivity index (χ3v) is 5.04. The third-order valence-electron chi connectivity index (χ3n) is 5.04. The average molecular weight is 390 g/mol. The van der Waals surface area contributed by atoms with E-state index in [0.717, 1.165) is 10.9 Å². The number of nitrogens with one attached hydrogen (secondary N) is 2. The summed E-state index contributed by atoms with van der Waals surface area (Å²) in [6.45, 7) is 4.67. The van der Waals surface area contributed by atoms with Crippen molar-refractivity contribution in [1.29, 1.82) is 0 Å². The van der Waals surface area contributed by atoms with Gasteiger partial charge in [0.05, 0.1) is 11.0 Å². The van der Waals surface area contributed by atoms with Crippen LogP contribution in [0, 0.1) is 0 Å². The Bertz CT molecular complexity index is 1330. The third kappa shape index (κ3) is 3.47. The molecule has 2 aromatic carbocycles. The molecular formula is C22H22N4O3. The molecule has 7 heteroatoms. The Labute approximate surface area is 166 Å². The monoisotopic (exact) mass is 390 g/mol. The lowest BCUT2D eigenvalue weighted by molar-refractivity contribution is 0.0952. The van der Waals surface area contributed by atoms with Crippen molar-refractivity contribution in [3.63, 3.8) is 0 Å². The summed E-state index contributed by atoms with van der Waals surface area (Å²) in [6.07, 6.45) is 2.02. The Balaban J connectivity index is 1.52. The lowest BCUT2D eigenvalue weighted by atomic mass is 10.1. The molecule has 0 saturated carbocycles. The molecule has 0 bridgehead atoms. The van der Waals surface area contributed by atoms with E-state index in [1.54, 1.807) is 30.3 Å². The number of hydrogen-bond donors (Lipinski definition) is 2. The van der Waals surface area contributed by atoms with Crippen molar-refractivity contribution in [2.75, 3.05) is 6.54 Å². The number of aromatic nitrogens is 3. The van der Waals surface area contributed by atoms with Crippen molar-refractivity contribution in [3.8, 4) is 0 Å². The predicted molar refractivity (Wildman–Crippen MR) is 113 cm³/mol. The van der Waals surface area contributed by atoms with Crippen LogP contribution in [0.25, 0.3) is 21.9 Å². The van der Waals surface area contributed by atoms with E-state index in [9.17, 15) is 14.4 Å². The van der Waals surface area contributed by atoms with Crippen LogP contribution in [0.15, 0.2) is 64.3 Å². The molecular weight excluding hydrogens is 368 g/mol. The van der Waals surface area contributed by atoms with Gasteiger partial charge in [-0.2, -0.15) is 0 Å². The number of amides is 1. The van der Waals surface area contributed by atoms with Crippen molar-refractivity contribution < 1.29 is 4.79 Å². The Kier molecular flexibility index (Phi) is 4.80. The van der Waals surface area contributed by atoms with E-state index < -0.39 is 11.1 Å². The zero-order valence-corrected chi connectivity index (χ0v) is 16.3. The van der Waals surface area contributed by atoms with Crippen LogP contribution < -0.4 is 16.4 Å². The number of para-hydroxylation sites is 2. The lowest BCUT2D eigenvalue weighted by Gasteiger charge is -2.11. The fourth-order valence-electron chi connectivity index (χ4n) is 3.58. The van der Waals surface area contributed by atoms with E-state index in [1.807, 2.05) is 24.4 Å². The molecule has 1 amide bonds. The molecule has 148 valence electrons. The minimum Gasteiger partial charge on any atom is -0.350 e. The van der Waals surface area contributed by atoms with Gasteiger partial charge < -0.3 is 19.4 Å². The summed E-state index contributed by atoms with van der Waals surface area (Å²) in [7, 11) is 0. The van der Waals surface area contributed by atoms with Gasteiger partial charge in [0.2, 0.25) is 0 Å². The van der Waals surface area contributed by atoms with Gasteiger partial charge >= 0.3 is 11.1 Å². The first-order chi connectivity index (χ1) is 14.0. The highest BCUT2D eigenvalue weighted by molar-refractivity contribution is 5.98. The van der Waals surface area contributed by atoms with Crippen LogP contribution in [0.5, 0.6) is 0 Å². The van der Waals surface area contributed by atoms with Gasteiger partial charge in [-0.25, -0.2) is 0 Å². The normalized spacial score (nSPS) is 11.4. The van der Waals surface area contributed by atoms with Gasteiger partial charge in [-0.15, -0.1) is 0 Å². The van der Waals surface area contributed by atoms with Crippen molar-refractivity contribution >= 4 is 27.8 Å². The molecule has 0 spiro atoms. The Morgan fingerprint density at radius 1 is 1.07 bits per heavy atom. The number of carbonyl (C=O) groups is 1. The first-order valence-corrected chi connectivity index (χ1v) is 9.56. The van der Waals surface area contributed by atoms with Crippen LogP contribution in [-0.4, -0.2) is 26.6 Å². The number of benzene rings is 2. The van der Waals surface area contributed by atoms with Crippen LogP contribution in [0.4, 0.5) is 0 Å². The quantitative estimate of drug-likeness (QED) is 0.514. The molecule has 7 nitrogen and oxygen atoms in total. The van der Waals surface area contributed by atoms with Crippen LogP contribution in [0.3, 0.4) is 0 Å². The minimum atomic E-state index is -0.671. The van der Waals surface area contributed by atoms with Gasteiger partial charge in [-0.1, -0.05) is 12.1 Å². The Morgan fingerprint density at radius 3 is 2.66 bits per heavy atom. The molecule has 2 N–H and O–H groups in total. The van der Waals surface area contributed by atoms with Gasteiger partial charge in [0, 0.05) is 41.8 Å².